The van der Waals surface area contributed by atoms with Crippen LogP contribution in [-0.2, 0) is 11.3 Å². The Morgan fingerprint density at radius 2 is 1.75 bits per heavy atom. The molecule has 2 fully saturated rings. The summed E-state index contributed by atoms with van der Waals surface area (Å²) in [5.74, 6) is 4.47. The van der Waals surface area contributed by atoms with Crippen LogP contribution in [0, 0.1) is 5.92 Å². The molecule has 0 spiro atoms. The van der Waals surface area contributed by atoms with Crippen LogP contribution in [0.25, 0.3) is 0 Å². The molecule has 148 valence electrons. The average Bonchev–Trinajstić information content (AvgIpc) is 2.79. The summed E-state index contributed by atoms with van der Waals surface area (Å²) in [5, 5.41) is 3.02. The van der Waals surface area contributed by atoms with E-state index in [4.69, 9.17) is 0 Å². The minimum Gasteiger partial charge on any atom is -0.356 e. The van der Waals surface area contributed by atoms with Crippen LogP contribution in [0.2, 0.25) is 0 Å². The van der Waals surface area contributed by atoms with E-state index in [1.807, 2.05) is 30.0 Å². The quantitative estimate of drug-likeness (QED) is 0.825. The molecule has 2 aliphatic rings. The summed E-state index contributed by atoms with van der Waals surface area (Å²) in [6.45, 7) is 4.25. The van der Waals surface area contributed by atoms with Crippen molar-refractivity contribution in [3.05, 3.63) is 42.5 Å². The molecule has 2 aromatic heterocycles. The molecule has 0 aliphatic carbocycles. The van der Waals surface area contributed by atoms with Crippen LogP contribution in [0.3, 0.4) is 0 Å². The van der Waals surface area contributed by atoms with Gasteiger partial charge in [-0.3, -0.25) is 9.78 Å². The van der Waals surface area contributed by atoms with E-state index in [1.54, 1.807) is 12.5 Å². The summed E-state index contributed by atoms with van der Waals surface area (Å²) in [6, 6.07) is 7.84. The Hall–Kier alpha value is -2.35. The molecule has 0 bridgehead atoms. The van der Waals surface area contributed by atoms with E-state index in [1.165, 1.54) is 0 Å². The van der Waals surface area contributed by atoms with Crippen molar-refractivity contribution in [1.29, 1.82) is 0 Å². The Kier molecular flexibility index (Phi) is 6.26. The third-order valence-electron chi connectivity index (χ3n) is 5.33. The highest BCUT2D eigenvalue weighted by Gasteiger charge is 2.26. The van der Waals surface area contributed by atoms with Crippen molar-refractivity contribution in [3.63, 3.8) is 0 Å². The smallest absolute Gasteiger partial charge is 0.223 e. The van der Waals surface area contributed by atoms with E-state index in [-0.39, 0.29) is 11.8 Å². The number of hydrogen-bond acceptors (Lipinski definition) is 7. The number of carbonyl (C=O) groups is 1. The minimum atomic E-state index is 0.0559. The molecule has 0 aromatic carbocycles. The number of rotatable bonds is 5. The Labute approximate surface area is 170 Å². The maximum atomic E-state index is 12.5. The maximum Gasteiger partial charge on any atom is 0.223 e. The lowest BCUT2D eigenvalue weighted by Crippen LogP contribution is -2.41. The van der Waals surface area contributed by atoms with E-state index < -0.39 is 0 Å². The number of thioether (sulfide) groups is 1. The number of amides is 1. The average molecular weight is 399 g/mol. The summed E-state index contributed by atoms with van der Waals surface area (Å²) < 4.78 is 0. The largest absolute Gasteiger partial charge is 0.356 e. The van der Waals surface area contributed by atoms with Gasteiger partial charge in [-0.05, 0) is 25.0 Å². The Morgan fingerprint density at radius 1 is 1.04 bits per heavy atom. The molecule has 0 atom stereocenters. The Morgan fingerprint density at radius 3 is 2.43 bits per heavy atom. The van der Waals surface area contributed by atoms with Gasteiger partial charge in [0.2, 0.25) is 5.91 Å². The second kappa shape index (κ2) is 9.23. The fourth-order valence-electron chi connectivity index (χ4n) is 3.67. The molecule has 0 saturated carbocycles. The van der Waals surface area contributed by atoms with Crippen LogP contribution in [-0.4, -0.2) is 58.5 Å². The van der Waals surface area contributed by atoms with Gasteiger partial charge in [0.05, 0.1) is 12.2 Å². The first-order valence-corrected chi connectivity index (χ1v) is 11.0. The van der Waals surface area contributed by atoms with Crippen LogP contribution in [0.5, 0.6) is 0 Å². The van der Waals surface area contributed by atoms with Gasteiger partial charge in [0.1, 0.15) is 18.0 Å². The zero-order chi connectivity index (χ0) is 19.2. The topological polar surface area (TPSA) is 74.2 Å². The van der Waals surface area contributed by atoms with Gasteiger partial charge in [-0.2, -0.15) is 11.8 Å². The highest BCUT2D eigenvalue weighted by molar-refractivity contribution is 7.99. The monoisotopic (exact) mass is 398 g/mol. The number of aromatic nitrogens is 3. The van der Waals surface area contributed by atoms with Crippen LogP contribution < -0.4 is 15.1 Å². The van der Waals surface area contributed by atoms with Crippen LogP contribution >= 0.6 is 11.8 Å². The van der Waals surface area contributed by atoms with Crippen LogP contribution in [0.4, 0.5) is 11.6 Å². The van der Waals surface area contributed by atoms with Gasteiger partial charge in [-0.25, -0.2) is 9.97 Å². The first kappa shape index (κ1) is 19.0. The number of anilines is 2. The van der Waals surface area contributed by atoms with Gasteiger partial charge < -0.3 is 15.1 Å². The molecule has 4 rings (SSSR count). The predicted molar refractivity (Wildman–Crippen MR) is 113 cm³/mol. The first-order chi connectivity index (χ1) is 13.8. The van der Waals surface area contributed by atoms with Crippen LogP contribution in [0.1, 0.15) is 18.5 Å². The lowest BCUT2D eigenvalue weighted by Gasteiger charge is -2.33. The van der Waals surface area contributed by atoms with E-state index in [0.29, 0.717) is 6.54 Å². The second-order valence-electron chi connectivity index (χ2n) is 7.13. The molecule has 0 unspecified atom stereocenters. The van der Waals surface area contributed by atoms with Crippen molar-refractivity contribution in [2.24, 2.45) is 5.92 Å². The number of piperidine rings is 1. The van der Waals surface area contributed by atoms with E-state index in [0.717, 1.165) is 67.9 Å². The standard InChI is InChI=1S/C20H26N6OS/c27-20(22-14-17-3-1-2-6-21-17)16-4-7-25(8-5-16)18-13-19(24-15-23-18)26-9-11-28-12-10-26/h1-3,6,13,15-16H,4-5,7-12,14H2,(H,22,27). The van der Waals surface area contributed by atoms with Crippen molar-refractivity contribution in [2.45, 2.75) is 19.4 Å². The SMILES string of the molecule is O=C(NCc1ccccn1)C1CCN(c2cc(N3CCSCC3)ncn2)CC1. The Bertz CT molecular complexity index is 775. The summed E-state index contributed by atoms with van der Waals surface area (Å²) >= 11 is 1.99. The molecule has 2 aromatic rings. The fourth-order valence-corrected chi connectivity index (χ4v) is 4.57. The van der Waals surface area contributed by atoms with Gasteiger partial charge in [-0.15, -0.1) is 0 Å². The number of nitrogens with one attached hydrogen (secondary N) is 1. The molecule has 0 radical (unpaired) electrons. The van der Waals surface area contributed by atoms with Crippen molar-refractivity contribution < 1.29 is 4.79 Å². The maximum absolute atomic E-state index is 12.5. The highest BCUT2D eigenvalue weighted by Crippen LogP contribution is 2.25. The molecular formula is C20H26N6OS. The van der Waals surface area contributed by atoms with E-state index in [9.17, 15) is 4.79 Å². The number of carbonyl (C=O) groups excluding carboxylic acids is 1. The number of pyridine rings is 1. The zero-order valence-electron chi connectivity index (χ0n) is 16.0. The third kappa shape index (κ3) is 4.73. The second-order valence-corrected chi connectivity index (χ2v) is 8.36. The fraction of sp³-hybridized carbons (Fsp3) is 0.500. The summed E-state index contributed by atoms with van der Waals surface area (Å²) in [7, 11) is 0. The lowest BCUT2D eigenvalue weighted by atomic mass is 9.96. The molecule has 28 heavy (non-hydrogen) atoms. The summed E-state index contributed by atoms with van der Waals surface area (Å²) in [4.78, 5) is 30.3. The van der Waals surface area contributed by atoms with E-state index >= 15 is 0 Å². The zero-order valence-corrected chi connectivity index (χ0v) is 16.8. The van der Waals surface area contributed by atoms with E-state index in [2.05, 4.69) is 36.1 Å². The summed E-state index contributed by atoms with van der Waals surface area (Å²) in [6.07, 6.45) is 5.10. The number of hydrogen-bond donors (Lipinski definition) is 1. The molecule has 2 saturated heterocycles. The molecular weight excluding hydrogens is 372 g/mol. The molecule has 1 amide bonds. The number of nitrogens with zero attached hydrogens (tertiary/aromatic N) is 5. The first-order valence-electron chi connectivity index (χ1n) is 9.87. The van der Waals surface area contributed by atoms with Crippen molar-refractivity contribution >= 4 is 29.3 Å². The van der Waals surface area contributed by atoms with Gasteiger partial charge >= 0.3 is 0 Å². The van der Waals surface area contributed by atoms with Crippen molar-refractivity contribution in [2.75, 3.05) is 47.5 Å². The molecule has 7 nitrogen and oxygen atoms in total. The third-order valence-corrected chi connectivity index (χ3v) is 6.28. The van der Waals surface area contributed by atoms with Crippen molar-refractivity contribution in [3.8, 4) is 0 Å². The summed E-state index contributed by atoms with van der Waals surface area (Å²) in [5.41, 5.74) is 0.887. The highest BCUT2D eigenvalue weighted by atomic mass is 32.2. The molecule has 2 aliphatic heterocycles. The van der Waals surface area contributed by atoms with Gasteiger partial charge in [-0.1, -0.05) is 6.07 Å². The Balaban J connectivity index is 1.29. The van der Waals surface area contributed by atoms with Gasteiger partial charge in [0, 0.05) is 55.9 Å². The van der Waals surface area contributed by atoms with Gasteiger partial charge in [0.15, 0.2) is 0 Å². The predicted octanol–water partition coefficient (Wildman–Crippen LogP) is 1.96. The lowest BCUT2D eigenvalue weighted by molar-refractivity contribution is -0.125. The van der Waals surface area contributed by atoms with Gasteiger partial charge in [0.25, 0.3) is 0 Å². The normalized spacial score (nSPS) is 18.1. The van der Waals surface area contributed by atoms with Crippen molar-refractivity contribution in [1.82, 2.24) is 20.3 Å². The van der Waals surface area contributed by atoms with Crippen LogP contribution in [0.15, 0.2) is 36.8 Å². The minimum absolute atomic E-state index is 0.0559. The molecule has 8 heteroatoms. The molecule has 4 heterocycles. The molecule has 1 N–H and O–H groups in total.